The first kappa shape index (κ1) is 16.9. The van der Waals surface area contributed by atoms with E-state index in [4.69, 9.17) is 0 Å². The molecule has 2 heterocycles. The number of benzene rings is 2. The van der Waals surface area contributed by atoms with Gasteiger partial charge in [-0.25, -0.2) is 8.42 Å². The third-order valence-electron chi connectivity index (χ3n) is 4.23. The highest BCUT2D eigenvalue weighted by Crippen LogP contribution is 2.26. The van der Waals surface area contributed by atoms with Crippen LogP contribution in [0.5, 0.6) is 11.5 Å². The lowest BCUT2D eigenvalue weighted by molar-refractivity contribution is 0.479. The van der Waals surface area contributed by atoms with Crippen LogP contribution in [0.1, 0.15) is 0 Å². The smallest absolute Gasteiger partial charge is 0.267 e. The van der Waals surface area contributed by atoms with Crippen LogP contribution in [0.15, 0.2) is 67.9 Å². The van der Waals surface area contributed by atoms with Crippen molar-refractivity contribution in [2.24, 2.45) is 0 Å². The van der Waals surface area contributed by atoms with E-state index in [9.17, 15) is 28.2 Å². The van der Waals surface area contributed by atoms with Crippen LogP contribution in [0.25, 0.3) is 21.8 Å². The number of aromatic nitrogens is 2. The fraction of sp³-hybridized carbons (Fsp3) is 0. The lowest BCUT2D eigenvalue weighted by Gasteiger charge is -2.07. The molecule has 0 aliphatic heterocycles. The molecule has 4 aromatic rings. The summed E-state index contributed by atoms with van der Waals surface area (Å²) in [4.78, 5) is 28.1. The summed E-state index contributed by atoms with van der Waals surface area (Å²) in [6.45, 7) is 0. The molecular weight excluding hydrogens is 372 g/mol. The van der Waals surface area contributed by atoms with E-state index in [-0.39, 0.29) is 22.5 Å². The van der Waals surface area contributed by atoms with Crippen molar-refractivity contribution in [1.82, 2.24) is 9.97 Å². The predicted octanol–water partition coefficient (Wildman–Crippen LogP) is 1.61. The normalized spacial score (nSPS) is 11.9. The van der Waals surface area contributed by atoms with E-state index >= 15 is 0 Å². The van der Waals surface area contributed by atoms with Crippen LogP contribution in [0, 0.1) is 0 Å². The molecule has 0 unspecified atom stereocenters. The van der Waals surface area contributed by atoms with Crippen molar-refractivity contribution in [3.05, 3.63) is 69.2 Å². The Morgan fingerprint density at radius 1 is 0.704 bits per heavy atom. The molecule has 4 N–H and O–H groups in total. The average molecular weight is 384 g/mol. The Hall–Kier alpha value is -3.59. The molecule has 0 aliphatic rings. The quantitative estimate of drug-likeness (QED) is 0.414. The number of H-pyrrole nitrogens is 2. The van der Waals surface area contributed by atoms with Gasteiger partial charge in [0, 0.05) is 10.8 Å². The number of phenols is 2. The van der Waals surface area contributed by atoms with E-state index in [1.165, 1.54) is 36.4 Å². The Balaban J connectivity index is 2.02. The maximum atomic E-state index is 13.0. The number of nitrogens with one attached hydrogen (secondary N) is 2. The highest BCUT2D eigenvalue weighted by atomic mass is 32.2. The molecule has 27 heavy (non-hydrogen) atoms. The number of fused-ring (bicyclic) bond motifs is 2. The summed E-state index contributed by atoms with van der Waals surface area (Å²) in [7, 11) is -4.46. The van der Waals surface area contributed by atoms with Crippen LogP contribution in [0.3, 0.4) is 0 Å². The Morgan fingerprint density at radius 3 is 1.52 bits per heavy atom. The van der Waals surface area contributed by atoms with E-state index < -0.39 is 30.7 Å². The minimum atomic E-state index is -4.46. The number of para-hydroxylation sites is 2. The highest BCUT2D eigenvalue weighted by Gasteiger charge is 2.26. The van der Waals surface area contributed by atoms with Gasteiger partial charge in [-0.3, -0.25) is 9.59 Å². The van der Waals surface area contributed by atoms with Crippen molar-refractivity contribution in [2.45, 2.75) is 9.79 Å². The largest absolute Gasteiger partial charge is 0.506 e. The summed E-state index contributed by atoms with van der Waals surface area (Å²) in [6.07, 6.45) is 0. The molecule has 0 aliphatic carbocycles. The predicted molar refractivity (Wildman–Crippen MR) is 97.9 cm³/mol. The van der Waals surface area contributed by atoms with Crippen molar-refractivity contribution in [3.63, 3.8) is 0 Å². The lowest BCUT2D eigenvalue weighted by Crippen LogP contribution is -2.23. The van der Waals surface area contributed by atoms with Crippen LogP contribution >= 0.6 is 0 Å². The number of aromatic hydroxyl groups is 2. The zero-order chi connectivity index (χ0) is 19.3. The number of hydrogen-bond donors (Lipinski definition) is 4. The summed E-state index contributed by atoms with van der Waals surface area (Å²) in [5, 5.41) is 20.2. The molecule has 0 saturated heterocycles. The van der Waals surface area contributed by atoms with Gasteiger partial charge in [0.25, 0.3) is 11.1 Å². The monoisotopic (exact) mass is 384 g/mol. The molecule has 0 bridgehead atoms. The zero-order valence-electron chi connectivity index (χ0n) is 13.6. The van der Waals surface area contributed by atoms with Crippen molar-refractivity contribution < 1.29 is 18.6 Å². The molecule has 9 heteroatoms. The highest BCUT2D eigenvalue weighted by molar-refractivity contribution is 7.91. The molecule has 0 fully saturated rings. The molecule has 0 saturated carbocycles. The first-order valence-corrected chi connectivity index (χ1v) is 9.22. The van der Waals surface area contributed by atoms with Gasteiger partial charge in [0.2, 0.25) is 9.84 Å². The Labute approximate surface area is 151 Å². The van der Waals surface area contributed by atoms with Crippen LogP contribution in [0.4, 0.5) is 0 Å². The van der Waals surface area contributed by atoms with Crippen LogP contribution in [-0.2, 0) is 9.84 Å². The van der Waals surface area contributed by atoms with E-state index in [2.05, 4.69) is 9.97 Å². The summed E-state index contributed by atoms with van der Waals surface area (Å²) in [5.41, 5.74) is -1.73. The number of pyridine rings is 2. The van der Waals surface area contributed by atoms with Gasteiger partial charge in [0.05, 0.1) is 11.0 Å². The second-order valence-corrected chi connectivity index (χ2v) is 7.80. The van der Waals surface area contributed by atoms with Gasteiger partial charge in [-0.2, -0.15) is 0 Å². The minimum Gasteiger partial charge on any atom is -0.506 e. The van der Waals surface area contributed by atoms with E-state index in [0.29, 0.717) is 10.8 Å². The molecule has 136 valence electrons. The second-order valence-electron chi connectivity index (χ2n) is 5.91. The number of sulfone groups is 1. The van der Waals surface area contributed by atoms with Crippen molar-refractivity contribution >= 4 is 31.6 Å². The number of rotatable bonds is 2. The number of hydrogen-bond acceptors (Lipinski definition) is 6. The minimum absolute atomic E-state index is 0.0961. The molecule has 0 atom stereocenters. The molecule has 4 rings (SSSR count). The molecule has 8 nitrogen and oxygen atoms in total. The summed E-state index contributed by atoms with van der Waals surface area (Å²) in [5.74, 6) is -0.403. The third-order valence-corrected chi connectivity index (χ3v) is 5.99. The Morgan fingerprint density at radius 2 is 1.11 bits per heavy atom. The molecule has 0 radical (unpaired) electrons. The number of phenolic OH excluding ortho intramolecular Hbond substituents is 2. The van der Waals surface area contributed by atoms with E-state index in [0.717, 1.165) is 12.1 Å². The van der Waals surface area contributed by atoms with Gasteiger partial charge < -0.3 is 20.2 Å². The standard InChI is InChI=1S/C18H12N2O6S/c21-11-5-1-3-9-7-13(17(23)19-15(9)11)27(25,26)14-8-10-4-2-6-12(22)16(10)20-18(14)24/h1-8,21-22H,(H,19,23)(H,20,24). The fourth-order valence-corrected chi connectivity index (χ4v) is 4.30. The van der Waals surface area contributed by atoms with Gasteiger partial charge in [-0.05, 0) is 24.3 Å². The van der Waals surface area contributed by atoms with E-state index in [1.807, 2.05) is 0 Å². The van der Waals surface area contributed by atoms with Gasteiger partial charge in [-0.1, -0.05) is 24.3 Å². The topological polar surface area (TPSA) is 140 Å². The van der Waals surface area contributed by atoms with Gasteiger partial charge in [0.15, 0.2) is 0 Å². The zero-order valence-corrected chi connectivity index (χ0v) is 14.4. The number of aromatic amines is 2. The first-order chi connectivity index (χ1) is 12.8. The second kappa shape index (κ2) is 5.71. The molecule has 0 amide bonds. The van der Waals surface area contributed by atoms with Crippen LogP contribution in [0.2, 0.25) is 0 Å². The summed E-state index contributed by atoms with van der Waals surface area (Å²) in [6, 6.07) is 11.0. The van der Waals surface area contributed by atoms with Crippen molar-refractivity contribution in [1.29, 1.82) is 0 Å². The maximum Gasteiger partial charge on any atom is 0.267 e. The molecule has 2 aromatic carbocycles. The van der Waals surface area contributed by atoms with Gasteiger partial charge in [-0.15, -0.1) is 0 Å². The van der Waals surface area contributed by atoms with Gasteiger partial charge >= 0.3 is 0 Å². The fourth-order valence-electron chi connectivity index (χ4n) is 2.91. The van der Waals surface area contributed by atoms with Crippen LogP contribution < -0.4 is 11.1 Å². The van der Waals surface area contributed by atoms with Crippen molar-refractivity contribution in [3.8, 4) is 11.5 Å². The Kier molecular flexibility index (Phi) is 3.57. The lowest BCUT2D eigenvalue weighted by atomic mass is 10.2. The van der Waals surface area contributed by atoms with E-state index in [1.54, 1.807) is 0 Å². The average Bonchev–Trinajstić information content (AvgIpc) is 2.62. The summed E-state index contributed by atoms with van der Waals surface area (Å²) >= 11 is 0. The Bertz CT molecular complexity index is 1350. The third kappa shape index (κ3) is 2.56. The maximum absolute atomic E-state index is 13.0. The molecule has 0 spiro atoms. The first-order valence-electron chi connectivity index (χ1n) is 7.74. The van der Waals surface area contributed by atoms with Crippen molar-refractivity contribution in [2.75, 3.05) is 0 Å². The molecule has 2 aromatic heterocycles. The van der Waals surface area contributed by atoms with Crippen LogP contribution in [-0.4, -0.2) is 28.6 Å². The SMILES string of the molecule is O=c1[nH]c2c(O)cccc2cc1S(=O)(=O)c1cc2cccc(O)c2[nH]c1=O. The summed E-state index contributed by atoms with van der Waals surface area (Å²) < 4.78 is 25.9. The van der Waals surface area contributed by atoms with Gasteiger partial charge in [0.1, 0.15) is 21.3 Å². The molecular formula is C18H12N2O6S.